The molecule has 0 aromatic heterocycles. The van der Waals surface area contributed by atoms with Gasteiger partial charge in [-0.3, -0.25) is 9.59 Å². The number of carbonyl (C=O) groups is 2. The SMILES string of the molecule is COc1ccccc1/C=C1\OC2C=CC(C(=O)NC3CCCC3)=CC2=NC1=O. The second-order valence-corrected chi connectivity index (χ2v) is 7.04. The lowest BCUT2D eigenvalue weighted by Crippen LogP contribution is -2.36. The van der Waals surface area contributed by atoms with E-state index in [9.17, 15) is 9.59 Å². The number of fused-ring (bicyclic) bond motifs is 1. The molecule has 1 fully saturated rings. The van der Waals surface area contributed by atoms with Crippen molar-refractivity contribution in [2.45, 2.75) is 37.8 Å². The Bertz CT molecular complexity index is 920. The van der Waals surface area contributed by atoms with Gasteiger partial charge in [0.05, 0.1) is 12.8 Å². The molecule has 28 heavy (non-hydrogen) atoms. The van der Waals surface area contributed by atoms with Crippen LogP contribution in [-0.4, -0.2) is 36.8 Å². The van der Waals surface area contributed by atoms with Gasteiger partial charge in [-0.15, -0.1) is 0 Å². The van der Waals surface area contributed by atoms with Gasteiger partial charge in [-0.25, -0.2) is 4.99 Å². The number of methoxy groups -OCH3 is 1. The molecule has 1 aromatic rings. The minimum atomic E-state index is -0.485. The van der Waals surface area contributed by atoms with Gasteiger partial charge in [-0.2, -0.15) is 0 Å². The highest BCUT2D eigenvalue weighted by Gasteiger charge is 2.29. The van der Waals surface area contributed by atoms with E-state index in [0.717, 1.165) is 31.2 Å². The topological polar surface area (TPSA) is 77.0 Å². The number of nitrogens with zero attached hydrogens (tertiary/aromatic N) is 1. The average molecular weight is 378 g/mol. The number of aliphatic imine (C=N–C) groups is 1. The summed E-state index contributed by atoms with van der Waals surface area (Å²) < 4.78 is 11.1. The van der Waals surface area contributed by atoms with Gasteiger partial charge in [0.15, 0.2) is 11.9 Å². The number of ether oxygens (including phenoxy) is 2. The molecule has 144 valence electrons. The molecule has 0 spiro atoms. The van der Waals surface area contributed by atoms with Gasteiger partial charge >= 0.3 is 5.91 Å². The summed E-state index contributed by atoms with van der Waals surface area (Å²) in [5.41, 5.74) is 1.68. The summed E-state index contributed by atoms with van der Waals surface area (Å²) >= 11 is 0. The van der Waals surface area contributed by atoms with Crippen molar-refractivity contribution in [3.63, 3.8) is 0 Å². The summed E-state index contributed by atoms with van der Waals surface area (Å²) in [5.74, 6) is 0.188. The molecule has 0 radical (unpaired) electrons. The molecule has 1 saturated carbocycles. The molecule has 2 amide bonds. The van der Waals surface area contributed by atoms with E-state index >= 15 is 0 Å². The number of hydrogen-bond acceptors (Lipinski definition) is 4. The Labute approximate surface area is 163 Å². The largest absolute Gasteiger partial charge is 0.496 e. The quantitative estimate of drug-likeness (QED) is 0.817. The molecular weight excluding hydrogens is 356 g/mol. The minimum absolute atomic E-state index is 0.132. The predicted octanol–water partition coefficient (Wildman–Crippen LogP) is 2.96. The molecule has 1 aromatic carbocycles. The van der Waals surface area contributed by atoms with Crippen molar-refractivity contribution in [3.05, 3.63) is 59.4 Å². The number of rotatable bonds is 4. The normalized spacial score (nSPS) is 23.0. The van der Waals surface area contributed by atoms with Crippen LogP contribution in [0.3, 0.4) is 0 Å². The van der Waals surface area contributed by atoms with Crippen LogP contribution in [0.5, 0.6) is 5.75 Å². The third kappa shape index (κ3) is 3.76. The van der Waals surface area contributed by atoms with Crippen LogP contribution >= 0.6 is 0 Å². The van der Waals surface area contributed by atoms with E-state index < -0.39 is 12.0 Å². The Hall–Kier alpha value is -3.15. The summed E-state index contributed by atoms with van der Waals surface area (Å²) in [4.78, 5) is 29.0. The first-order valence-corrected chi connectivity index (χ1v) is 9.49. The number of hydrogen-bond donors (Lipinski definition) is 1. The molecule has 6 heteroatoms. The van der Waals surface area contributed by atoms with E-state index in [1.807, 2.05) is 24.3 Å². The van der Waals surface area contributed by atoms with Crippen molar-refractivity contribution < 1.29 is 19.1 Å². The number of amides is 2. The second-order valence-electron chi connectivity index (χ2n) is 7.04. The number of carbonyl (C=O) groups excluding carboxylic acids is 2. The lowest BCUT2D eigenvalue weighted by atomic mass is 10.0. The van der Waals surface area contributed by atoms with E-state index in [0.29, 0.717) is 17.0 Å². The summed E-state index contributed by atoms with van der Waals surface area (Å²) in [6.45, 7) is 0. The van der Waals surface area contributed by atoms with E-state index in [1.54, 1.807) is 31.4 Å². The average Bonchev–Trinajstić information content (AvgIpc) is 3.21. The first kappa shape index (κ1) is 18.2. The molecule has 1 unspecified atom stereocenters. The molecule has 0 bridgehead atoms. The van der Waals surface area contributed by atoms with E-state index in [4.69, 9.17) is 9.47 Å². The third-order valence-corrected chi connectivity index (χ3v) is 5.12. The molecule has 1 N–H and O–H groups in total. The monoisotopic (exact) mass is 378 g/mol. The van der Waals surface area contributed by atoms with Crippen LogP contribution in [0.4, 0.5) is 0 Å². The van der Waals surface area contributed by atoms with E-state index in [-0.39, 0.29) is 17.7 Å². The Morgan fingerprint density at radius 1 is 1.29 bits per heavy atom. The zero-order valence-electron chi connectivity index (χ0n) is 15.7. The number of para-hydroxylation sites is 1. The standard InChI is InChI=1S/C22H22N2O4/c1-27-18-9-5-2-6-14(18)13-20-22(26)24-17-12-15(10-11-19(17)28-20)21(25)23-16-7-3-4-8-16/h2,5-6,9-13,16,19H,3-4,7-8H2,1H3,(H,23,25)/b20-13-. The summed E-state index contributed by atoms with van der Waals surface area (Å²) in [7, 11) is 1.57. The maximum Gasteiger partial charge on any atom is 0.312 e. The van der Waals surface area contributed by atoms with E-state index in [2.05, 4.69) is 10.3 Å². The second kappa shape index (κ2) is 7.84. The summed E-state index contributed by atoms with van der Waals surface area (Å²) in [6, 6.07) is 7.60. The molecule has 6 nitrogen and oxygen atoms in total. The highest BCUT2D eigenvalue weighted by molar-refractivity contribution is 6.17. The van der Waals surface area contributed by atoms with Gasteiger partial charge in [-0.05, 0) is 43.2 Å². The first-order valence-electron chi connectivity index (χ1n) is 9.49. The summed E-state index contributed by atoms with van der Waals surface area (Å²) in [6.07, 6.45) is 10.6. The Morgan fingerprint density at radius 2 is 2.07 bits per heavy atom. The van der Waals surface area contributed by atoms with Gasteiger partial charge < -0.3 is 14.8 Å². The van der Waals surface area contributed by atoms with Crippen LogP contribution in [0.25, 0.3) is 6.08 Å². The molecule has 1 heterocycles. The molecule has 1 aliphatic heterocycles. The van der Waals surface area contributed by atoms with Crippen molar-refractivity contribution in [1.82, 2.24) is 5.32 Å². The third-order valence-electron chi connectivity index (χ3n) is 5.12. The van der Waals surface area contributed by atoms with E-state index in [1.165, 1.54) is 0 Å². The fraction of sp³-hybridized carbons (Fsp3) is 0.318. The minimum Gasteiger partial charge on any atom is -0.496 e. The summed E-state index contributed by atoms with van der Waals surface area (Å²) in [5, 5.41) is 3.04. The lowest BCUT2D eigenvalue weighted by molar-refractivity contribution is -0.119. The highest BCUT2D eigenvalue weighted by Crippen LogP contribution is 2.26. The predicted molar refractivity (Wildman–Crippen MR) is 106 cm³/mol. The van der Waals surface area contributed by atoms with Crippen molar-refractivity contribution in [2.24, 2.45) is 4.99 Å². The molecular formula is C22H22N2O4. The maximum atomic E-state index is 12.4. The molecule has 3 aliphatic rings. The van der Waals surface area contributed by atoms with Crippen LogP contribution in [0, 0.1) is 0 Å². The van der Waals surface area contributed by atoms with Crippen molar-refractivity contribution >= 4 is 23.6 Å². The maximum absolute atomic E-state index is 12.4. The van der Waals surface area contributed by atoms with Crippen molar-refractivity contribution in [3.8, 4) is 5.75 Å². The fourth-order valence-corrected chi connectivity index (χ4v) is 3.64. The van der Waals surface area contributed by atoms with Crippen LogP contribution in [0.15, 0.2) is 58.8 Å². The fourth-order valence-electron chi connectivity index (χ4n) is 3.64. The molecule has 0 saturated heterocycles. The van der Waals surface area contributed by atoms with Crippen molar-refractivity contribution in [2.75, 3.05) is 7.11 Å². The van der Waals surface area contributed by atoms with Gasteiger partial charge in [-0.1, -0.05) is 31.0 Å². The van der Waals surface area contributed by atoms with Gasteiger partial charge in [0.1, 0.15) is 5.75 Å². The highest BCUT2D eigenvalue weighted by atomic mass is 16.5. The lowest BCUT2D eigenvalue weighted by Gasteiger charge is -2.24. The zero-order valence-corrected chi connectivity index (χ0v) is 15.7. The number of benzene rings is 1. The smallest absolute Gasteiger partial charge is 0.312 e. The Morgan fingerprint density at radius 3 is 2.86 bits per heavy atom. The van der Waals surface area contributed by atoms with Gasteiger partial charge in [0, 0.05) is 17.2 Å². The Balaban J connectivity index is 1.53. The first-order chi connectivity index (χ1) is 13.6. The van der Waals surface area contributed by atoms with Crippen molar-refractivity contribution in [1.29, 1.82) is 0 Å². The number of nitrogens with one attached hydrogen (secondary N) is 1. The molecule has 1 atom stereocenters. The molecule has 4 rings (SSSR count). The molecule has 2 aliphatic carbocycles. The van der Waals surface area contributed by atoms with Crippen LogP contribution in [0.2, 0.25) is 0 Å². The zero-order chi connectivity index (χ0) is 19.5. The Kier molecular flexibility index (Phi) is 5.10. The van der Waals surface area contributed by atoms with Gasteiger partial charge in [0.2, 0.25) is 0 Å². The van der Waals surface area contributed by atoms with Gasteiger partial charge in [0.25, 0.3) is 5.91 Å². The van der Waals surface area contributed by atoms with Crippen LogP contribution in [0.1, 0.15) is 31.2 Å². The van der Waals surface area contributed by atoms with Crippen LogP contribution in [-0.2, 0) is 14.3 Å². The van der Waals surface area contributed by atoms with Crippen LogP contribution < -0.4 is 10.1 Å².